The van der Waals surface area contributed by atoms with Crippen molar-refractivity contribution in [3.05, 3.63) is 0 Å². The van der Waals surface area contributed by atoms with Gasteiger partial charge >= 0.3 is 116 Å². The Morgan fingerprint density at radius 3 is 1.85 bits per heavy atom. The van der Waals surface area contributed by atoms with Crippen molar-refractivity contribution in [3.63, 3.8) is 0 Å². The third-order valence-corrected chi connectivity index (χ3v) is 64.1. The molecule has 10 rings (SSSR count). The summed E-state index contributed by atoms with van der Waals surface area (Å²) in [7, 11) is 4.75. The summed E-state index contributed by atoms with van der Waals surface area (Å²) in [6, 6.07) is 0. The molecule has 5 unspecified atom stereocenters. The van der Waals surface area contributed by atoms with Crippen LogP contribution in [-0.2, 0) is 6.51 Å². The molecule has 10 heterocycles. The van der Waals surface area contributed by atoms with Gasteiger partial charge in [0, 0.05) is 0 Å². The van der Waals surface area contributed by atoms with Crippen LogP contribution in [0.4, 0.5) is 0 Å². The summed E-state index contributed by atoms with van der Waals surface area (Å²) in [5.74, 6) is 0. The van der Waals surface area contributed by atoms with Crippen molar-refractivity contribution in [2.45, 2.75) is 72.0 Å². The molecule has 3 heteroatoms. The third kappa shape index (κ3) is 0.105. The number of fused-ring (bicyclic) bond motifs is 10. The van der Waals surface area contributed by atoms with Crippen LogP contribution in [0.25, 0.3) is 0 Å². The van der Waals surface area contributed by atoms with Gasteiger partial charge in [-0.25, -0.2) is 0 Å². The summed E-state index contributed by atoms with van der Waals surface area (Å²) in [5.41, 5.74) is 0. The molecule has 0 N–H and O–H groups in total. The summed E-state index contributed by atoms with van der Waals surface area (Å²) >= 11 is 2.58. The van der Waals surface area contributed by atoms with E-state index >= 15 is 0 Å². The van der Waals surface area contributed by atoms with E-state index in [1.54, 1.807) is 0 Å². The molecule has 0 bridgehead atoms. The Bertz CT molecular complexity index is 1040. The van der Waals surface area contributed by atoms with Crippen LogP contribution < -0.4 is 0 Å². The molecule has 10 aliphatic rings. The molecule has 0 saturated carbocycles. The van der Waals surface area contributed by atoms with Gasteiger partial charge in [-0.2, -0.15) is 0 Å². The second-order valence-corrected chi connectivity index (χ2v) is 39.0. The SMILES string of the molecule is CN(C)C[C]12[CH]3[CH]4[CH]5[C]1(SC(C)(C)C)[Fe]43521678[CH]2[CH]1[CH]6[CH]7[CH]28. The van der Waals surface area contributed by atoms with Gasteiger partial charge in [0.05, 0.1) is 0 Å². The van der Waals surface area contributed by atoms with Crippen LogP contribution in [0.15, 0.2) is 0 Å². The fourth-order valence-electron chi connectivity index (χ4n) is 18.4. The molecule has 0 aromatic heterocycles. The van der Waals surface area contributed by atoms with Gasteiger partial charge in [0.2, 0.25) is 0 Å². The second-order valence-electron chi connectivity index (χ2n) is 13.3. The van der Waals surface area contributed by atoms with Gasteiger partial charge in [-0.1, -0.05) is 0 Å². The van der Waals surface area contributed by atoms with Gasteiger partial charge in [-0.15, -0.1) is 0 Å². The minimum absolute atomic E-state index is 0.511. The first-order valence-corrected chi connectivity index (χ1v) is 15.6. The summed E-state index contributed by atoms with van der Waals surface area (Å²) in [4.78, 5) is 14.2. The Morgan fingerprint density at radius 2 is 1.50 bits per heavy atom. The van der Waals surface area contributed by atoms with Gasteiger partial charge in [0.15, 0.2) is 0 Å². The van der Waals surface area contributed by atoms with Gasteiger partial charge in [-0.3, -0.25) is 0 Å². The van der Waals surface area contributed by atoms with E-state index in [9.17, 15) is 0 Å². The van der Waals surface area contributed by atoms with Crippen LogP contribution in [0.1, 0.15) is 20.8 Å². The van der Waals surface area contributed by atoms with Crippen LogP contribution in [0, 0.1) is 0 Å². The average molecular weight is 331 g/mol. The van der Waals surface area contributed by atoms with E-state index in [2.05, 4.69) is 51.5 Å². The molecule has 0 aromatic rings. The number of thioether (sulfide) groups is 1. The van der Waals surface area contributed by atoms with E-state index < -0.39 is 6.51 Å². The summed E-state index contributed by atoms with van der Waals surface area (Å²) in [6.07, 6.45) is 0. The average Bonchev–Trinajstić information content (AvgIpc) is 3.22. The van der Waals surface area contributed by atoms with Crippen molar-refractivity contribution in [1.82, 2.24) is 4.90 Å². The van der Waals surface area contributed by atoms with Crippen molar-refractivity contribution in [1.29, 1.82) is 0 Å². The predicted molar refractivity (Wildman–Crippen MR) is 81.3 cm³/mol. The number of nitrogens with zero attached hydrogens (tertiary/aromatic N) is 1. The van der Waals surface area contributed by atoms with E-state index in [1.165, 1.54) is 45.1 Å². The summed E-state index contributed by atoms with van der Waals surface area (Å²) < 4.78 is 2.50. The molecule has 0 amide bonds. The molecule has 0 aromatic carbocycles. The topological polar surface area (TPSA) is 3.24 Å². The van der Waals surface area contributed by atoms with Crippen LogP contribution in [0.3, 0.4) is 0 Å². The monoisotopic (exact) mass is 331 g/mol. The first kappa shape index (κ1) is 9.20. The number of rotatable bonds is 3. The van der Waals surface area contributed by atoms with Crippen LogP contribution in [0.2, 0.25) is 42.8 Å². The molecule has 0 radical (unpaired) electrons. The molecule has 10 aliphatic heterocycles. The van der Waals surface area contributed by atoms with Gasteiger partial charge in [-0.05, 0) is 0 Å². The quantitative estimate of drug-likeness (QED) is 0.687. The van der Waals surface area contributed by atoms with Crippen LogP contribution in [0.5, 0.6) is 0 Å². The van der Waals surface area contributed by atoms with Crippen LogP contribution >= 0.6 is 11.8 Å². The van der Waals surface area contributed by atoms with Crippen LogP contribution in [-0.4, -0.2) is 33.9 Å². The van der Waals surface area contributed by atoms with Crippen molar-refractivity contribution in [3.8, 4) is 0 Å². The Morgan fingerprint density at radius 1 is 0.950 bits per heavy atom. The van der Waals surface area contributed by atoms with Crippen molar-refractivity contribution in [2.75, 3.05) is 20.6 Å². The number of hydrogen-bond donors (Lipinski definition) is 0. The molecule has 20 heavy (non-hydrogen) atoms. The normalized spacial score (nSPS) is 108. The maximum absolute atomic E-state index is 3.05. The molecule has 0 aliphatic carbocycles. The predicted octanol–water partition coefficient (Wildman–Crippen LogP) is 4.75. The molecule has 10 fully saturated rings. The molecule has 1 nitrogen and oxygen atoms in total. The Kier molecular flexibility index (Phi) is 0.375. The fourth-order valence-corrected chi connectivity index (χ4v) is 104. The molecule has 112 valence electrons. The van der Waals surface area contributed by atoms with Crippen molar-refractivity contribution in [2.24, 2.45) is 0 Å². The van der Waals surface area contributed by atoms with Gasteiger partial charge in [0.1, 0.15) is 0 Å². The third-order valence-electron chi connectivity index (χ3n) is 16.0. The fraction of sp³-hybridized carbons (Fsp3) is 1.00. The molecular formula is C17H25FeNS. The Balaban J connectivity index is 1.46. The standard InChI is InChI=1S/C12H20NS.C5H5.Fe/c1-12(2,3)14-11-8-6-7-10(11)9-13(4)5;1-2-4-5-3-1;/h6-8H,9H2,1-5H3;1-5H;. The van der Waals surface area contributed by atoms with E-state index in [1.807, 2.05) is 0 Å². The number of hydrogen-bond acceptors (Lipinski definition) is 2. The molecule has 1 spiro atoms. The molecule has 5 atom stereocenters. The second kappa shape index (κ2) is 0.816. The summed E-state index contributed by atoms with van der Waals surface area (Å²) in [5, 5.41) is 0. The van der Waals surface area contributed by atoms with E-state index in [4.69, 9.17) is 0 Å². The maximum atomic E-state index is 2.62. The zero-order valence-electron chi connectivity index (χ0n) is 13.0. The summed E-state index contributed by atoms with van der Waals surface area (Å²) in [6.45, 7) is 6.04. The first-order valence-electron chi connectivity index (χ1n) is 8.62. The van der Waals surface area contributed by atoms with Crippen molar-refractivity contribution >= 4 is 11.8 Å². The van der Waals surface area contributed by atoms with E-state index in [-0.39, 0.29) is 0 Å². The first-order chi connectivity index (χ1) is 9.06. The Hall–Kier alpha value is 0.829. The zero-order valence-corrected chi connectivity index (χ0v) is 15.0. The van der Waals surface area contributed by atoms with Gasteiger partial charge < -0.3 is 0 Å². The molecule has 10 saturated heterocycles. The molecular weight excluding hydrogens is 306 g/mol. The van der Waals surface area contributed by atoms with Gasteiger partial charge in [0.25, 0.3) is 0 Å². The van der Waals surface area contributed by atoms with Crippen molar-refractivity contribution < 1.29 is 6.51 Å². The zero-order chi connectivity index (χ0) is 13.4. The minimum atomic E-state index is -3.05. The van der Waals surface area contributed by atoms with E-state index in [0.29, 0.717) is 4.75 Å². The Labute approximate surface area is 115 Å². The van der Waals surface area contributed by atoms with E-state index in [0.717, 1.165) is 7.96 Å².